The number of oxazole rings is 1. The number of rotatable bonds is 9. The molecule has 4 rings (SSSR count). The van der Waals surface area contributed by atoms with Crippen LogP contribution < -0.4 is 9.46 Å². The van der Waals surface area contributed by atoms with Gasteiger partial charge in [0.1, 0.15) is 5.75 Å². The molecule has 12 heteroatoms. The fraction of sp³-hybridized carbons (Fsp3) is 0.360. The summed E-state index contributed by atoms with van der Waals surface area (Å²) in [6, 6.07) is 9.07. The molecule has 0 saturated carbocycles. The molecular formula is C25H27F3N4O4S. The zero-order valence-corrected chi connectivity index (χ0v) is 21.3. The summed E-state index contributed by atoms with van der Waals surface area (Å²) >= 11 is 0. The average Bonchev–Trinajstić information content (AvgIpc) is 3.48. The molecule has 2 aromatic heterocycles. The van der Waals surface area contributed by atoms with E-state index in [4.69, 9.17) is 9.15 Å². The highest BCUT2D eigenvalue weighted by Gasteiger charge is 2.40. The third-order valence-electron chi connectivity index (χ3n) is 5.90. The molecule has 0 spiro atoms. The Kier molecular flexibility index (Phi) is 7.33. The molecule has 3 aromatic rings. The van der Waals surface area contributed by atoms with Crippen LogP contribution in [0.3, 0.4) is 0 Å². The van der Waals surface area contributed by atoms with Gasteiger partial charge in [-0.3, -0.25) is 0 Å². The first-order valence-corrected chi connectivity index (χ1v) is 13.2. The van der Waals surface area contributed by atoms with Crippen molar-refractivity contribution in [1.82, 2.24) is 19.5 Å². The van der Waals surface area contributed by atoms with Crippen molar-refractivity contribution < 1.29 is 30.7 Å². The van der Waals surface area contributed by atoms with Crippen molar-refractivity contribution in [3.63, 3.8) is 0 Å². The standard InChI is InChI=1S/C25H27F3N4O4S/c1-4-32-23(36-20-10-8-17(9-11-20)22-14-29-16-35-22)13-21(30-32)18-6-5-7-19(12-18)24(2,3)31-37(33,34)15-25(26,27)28/h5-6,8-14,16,19,31H,4,7,15H2,1-3H3. The zero-order valence-electron chi connectivity index (χ0n) is 20.5. The second-order valence-electron chi connectivity index (χ2n) is 9.24. The van der Waals surface area contributed by atoms with E-state index in [0.29, 0.717) is 36.0 Å². The Morgan fingerprint density at radius 2 is 1.95 bits per heavy atom. The van der Waals surface area contributed by atoms with Crippen LogP contribution in [0.4, 0.5) is 13.2 Å². The van der Waals surface area contributed by atoms with E-state index in [2.05, 4.69) is 14.8 Å². The summed E-state index contributed by atoms with van der Waals surface area (Å²) in [7, 11) is -4.56. The maximum Gasteiger partial charge on any atom is 0.404 e. The average molecular weight is 537 g/mol. The second-order valence-corrected chi connectivity index (χ2v) is 11.0. The number of aryl methyl sites for hydroxylation is 1. The van der Waals surface area contributed by atoms with Crippen LogP contribution >= 0.6 is 0 Å². The zero-order chi connectivity index (χ0) is 26.8. The quantitative estimate of drug-likeness (QED) is 0.384. The summed E-state index contributed by atoms with van der Waals surface area (Å²) < 4.78 is 77.5. The maximum absolute atomic E-state index is 12.7. The van der Waals surface area contributed by atoms with Gasteiger partial charge in [0.25, 0.3) is 0 Å². The Bertz CT molecular complexity index is 1390. The highest BCUT2D eigenvalue weighted by molar-refractivity contribution is 7.89. The molecule has 0 amide bonds. The van der Waals surface area contributed by atoms with Gasteiger partial charge in [-0.2, -0.15) is 18.3 Å². The van der Waals surface area contributed by atoms with Gasteiger partial charge in [0.05, 0.1) is 11.9 Å². The van der Waals surface area contributed by atoms with Gasteiger partial charge in [0, 0.05) is 23.7 Å². The molecule has 0 radical (unpaired) electrons. The van der Waals surface area contributed by atoms with Crippen molar-refractivity contribution in [2.75, 3.05) is 5.75 Å². The lowest BCUT2D eigenvalue weighted by Gasteiger charge is -2.34. The lowest BCUT2D eigenvalue weighted by molar-refractivity contribution is -0.106. The Morgan fingerprint density at radius 3 is 2.57 bits per heavy atom. The van der Waals surface area contributed by atoms with E-state index in [-0.39, 0.29) is 0 Å². The Morgan fingerprint density at radius 1 is 1.22 bits per heavy atom. The summed E-state index contributed by atoms with van der Waals surface area (Å²) in [5, 5.41) is 4.61. The molecule has 2 heterocycles. The molecule has 1 unspecified atom stereocenters. The number of halogens is 3. The van der Waals surface area contributed by atoms with E-state index in [1.807, 2.05) is 37.3 Å². The SMILES string of the molecule is CCn1nc(C2=CC(C(C)(C)NS(=O)(=O)CC(F)(F)F)CC=C2)cc1Oc1ccc(-c2cnco2)cc1. The minimum atomic E-state index is -4.82. The van der Waals surface area contributed by atoms with Gasteiger partial charge in [-0.15, -0.1) is 0 Å². The first-order chi connectivity index (χ1) is 17.4. The molecule has 1 aliphatic carbocycles. The van der Waals surface area contributed by atoms with Crippen LogP contribution in [0, 0.1) is 5.92 Å². The summed E-state index contributed by atoms with van der Waals surface area (Å²) in [4.78, 5) is 3.91. The third-order valence-corrected chi connectivity index (χ3v) is 7.44. The van der Waals surface area contributed by atoms with E-state index in [1.54, 1.807) is 42.9 Å². The number of allylic oxidation sites excluding steroid dienone is 3. The van der Waals surface area contributed by atoms with Crippen LogP contribution in [0.15, 0.2) is 65.6 Å². The van der Waals surface area contributed by atoms with E-state index < -0.39 is 33.4 Å². The first-order valence-electron chi connectivity index (χ1n) is 11.6. The molecule has 0 aliphatic heterocycles. The predicted octanol–water partition coefficient (Wildman–Crippen LogP) is 5.57. The lowest BCUT2D eigenvalue weighted by atomic mass is 9.81. The van der Waals surface area contributed by atoms with Crippen LogP contribution in [-0.4, -0.2) is 40.7 Å². The van der Waals surface area contributed by atoms with Gasteiger partial charge >= 0.3 is 6.18 Å². The topological polar surface area (TPSA) is 99.2 Å². The van der Waals surface area contributed by atoms with Crippen molar-refractivity contribution >= 4 is 15.6 Å². The van der Waals surface area contributed by atoms with Crippen molar-refractivity contribution in [2.45, 2.75) is 45.5 Å². The minimum absolute atomic E-state index is 0.393. The number of hydrogen-bond acceptors (Lipinski definition) is 6. The van der Waals surface area contributed by atoms with E-state index in [1.165, 1.54) is 6.39 Å². The van der Waals surface area contributed by atoms with Gasteiger partial charge in [-0.05, 0) is 62.9 Å². The molecule has 37 heavy (non-hydrogen) atoms. The highest BCUT2D eigenvalue weighted by atomic mass is 32.2. The van der Waals surface area contributed by atoms with Crippen molar-refractivity contribution in [2.24, 2.45) is 5.92 Å². The summed E-state index contributed by atoms with van der Waals surface area (Å²) in [6.07, 6.45) is 4.15. The van der Waals surface area contributed by atoms with Gasteiger partial charge in [0.2, 0.25) is 15.9 Å². The number of benzene rings is 1. The number of nitrogens with one attached hydrogen (secondary N) is 1. The highest BCUT2D eigenvalue weighted by Crippen LogP contribution is 2.34. The van der Waals surface area contributed by atoms with Gasteiger partial charge in [0.15, 0.2) is 17.9 Å². The molecule has 0 saturated heterocycles. The Hall–Kier alpha value is -3.38. The number of aromatic nitrogens is 3. The number of sulfonamides is 1. The molecule has 1 N–H and O–H groups in total. The van der Waals surface area contributed by atoms with E-state index >= 15 is 0 Å². The van der Waals surface area contributed by atoms with Crippen LogP contribution in [0.1, 0.15) is 32.9 Å². The Balaban J connectivity index is 1.53. The summed E-state index contributed by atoms with van der Waals surface area (Å²) in [5.41, 5.74) is 1.02. The number of nitrogens with zero attached hydrogens (tertiary/aromatic N) is 3. The van der Waals surface area contributed by atoms with Crippen molar-refractivity contribution in [1.29, 1.82) is 0 Å². The minimum Gasteiger partial charge on any atom is -0.444 e. The molecule has 0 fully saturated rings. The monoisotopic (exact) mass is 536 g/mol. The normalized spacial score (nSPS) is 16.6. The van der Waals surface area contributed by atoms with E-state index in [9.17, 15) is 21.6 Å². The molecule has 198 valence electrons. The number of hydrogen-bond donors (Lipinski definition) is 1. The van der Waals surface area contributed by atoms with Crippen LogP contribution in [0.5, 0.6) is 11.6 Å². The fourth-order valence-electron chi connectivity index (χ4n) is 4.10. The predicted molar refractivity (Wildman–Crippen MR) is 132 cm³/mol. The smallest absolute Gasteiger partial charge is 0.404 e. The lowest BCUT2D eigenvalue weighted by Crippen LogP contribution is -2.50. The summed E-state index contributed by atoms with van der Waals surface area (Å²) in [6.45, 7) is 5.60. The molecule has 1 aliphatic rings. The van der Waals surface area contributed by atoms with Crippen LogP contribution in [0.2, 0.25) is 0 Å². The van der Waals surface area contributed by atoms with Crippen molar-refractivity contribution in [3.05, 3.63) is 66.8 Å². The molecule has 0 bridgehead atoms. The van der Waals surface area contributed by atoms with E-state index in [0.717, 1.165) is 11.1 Å². The largest absolute Gasteiger partial charge is 0.444 e. The van der Waals surface area contributed by atoms with Crippen molar-refractivity contribution in [3.8, 4) is 23.0 Å². The fourth-order valence-corrected chi connectivity index (χ4v) is 5.56. The van der Waals surface area contributed by atoms with Crippen LogP contribution in [0.25, 0.3) is 16.9 Å². The molecule has 8 nitrogen and oxygen atoms in total. The van der Waals surface area contributed by atoms with Crippen LogP contribution in [-0.2, 0) is 16.6 Å². The summed E-state index contributed by atoms with van der Waals surface area (Å²) in [5.74, 6) is -0.581. The molecule has 1 atom stereocenters. The third kappa shape index (κ3) is 6.69. The number of alkyl halides is 3. The molecular weight excluding hydrogens is 509 g/mol. The van der Waals surface area contributed by atoms with Gasteiger partial charge < -0.3 is 9.15 Å². The number of ether oxygens (including phenoxy) is 1. The maximum atomic E-state index is 12.7. The Labute approximate surface area is 212 Å². The first kappa shape index (κ1) is 26.7. The second kappa shape index (κ2) is 10.2. The molecule has 1 aromatic carbocycles. The van der Waals surface area contributed by atoms with Gasteiger partial charge in [-0.1, -0.05) is 18.2 Å². The van der Waals surface area contributed by atoms with Gasteiger partial charge in [-0.25, -0.2) is 22.8 Å².